The van der Waals surface area contributed by atoms with Gasteiger partial charge in [-0.15, -0.1) is 10.9 Å². The van der Waals surface area contributed by atoms with Crippen molar-refractivity contribution in [2.24, 2.45) is 5.92 Å². The Morgan fingerprint density at radius 2 is 1.93 bits per heavy atom. The fraction of sp³-hybridized carbons (Fsp3) is 0.576. The Hall–Kier alpha value is -3.49. The summed E-state index contributed by atoms with van der Waals surface area (Å²) in [5.41, 5.74) is 5.88. The van der Waals surface area contributed by atoms with Crippen LogP contribution in [0.4, 0.5) is 10.2 Å². The molecule has 0 amide bonds. The molecule has 11 nitrogen and oxygen atoms in total. The number of carbonyl (C=O) groups is 1. The Balaban J connectivity index is 1.38. The van der Waals surface area contributed by atoms with Crippen LogP contribution in [0.1, 0.15) is 89.8 Å². The minimum atomic E-state index is -2.53. The van der Waals surface area contributed by atoms with Crippen LogP contribution >= 0.6 is 8.18 Å². The molecule has 1 saturated heterocycles. The fourth-order valence-corrected chi connectivity index (χ4v) is 6.49. The normalized spacial score (nSPS) is 18.9. The lowest BCUT2D eigenvalue weighted by Gasteiger charge is -2.21. The van der Waals surface area contributed by atoms with Gasteiger partial charge in [0, 0.05) is 6.42 Å². The molecule has 0 saturated carbocycles. The molecule has 0 spiro atoms. The molecular formula is C33H45FN6O5P+. The highest BCUT2D eigenvalue weighted by Crippen LogP contribution is 2.39. The molecule has 1 aliphatic heterocycles. The maximum absolute atomic E-state index is 13.9. The monoisotopic (exact) mass is 655 g/mol. The zero-order valence-corrected chi connectivity index (χ0v) is 27.6. The summed E-state index contributed by atoms with van der Waals surface area (Å²) in [6.07, 6.45) is 15.6. The summed E-state index contributed by atoms with van der Waals surface area (Å²) in [6.45, 7) is 4.47. The van der Waals surface area contributed by atoms with Gasteiger partial charge in [-0.05, 0) is 41.7 Å². The molecule has 0 bridgehead atoms. The van der Waals surface area contributed by atoms with E-state index >= 15 is 0 Å². The third kappa shape index (κ3) is 9.76. The number of carbonyl (C=O) groups excluding carboxylic acids is 1. The maximum atomic E-state index is 13.9. The second kappa shape index (κ2) is 17.4. The van der Waals surface area contributed by atoms with E-state index in [0.29, 0.717) is 25.4 Å². The summed E-state index contributed by atoms with van der Waals surface area (Å²) in [7, 11) is -2.53. The second-order valence-electron chi connectivity index (χ2n) is 11.8. The molecule has 46 heavy (non-hydrogen) atoms. The van der Waals surface area contributed by atoms with Gasteiger partial charge in [0.2, 0.25) is 0 Å². The van der Waals surface area contributed by atoms with Crippen LogP contribution in [0, 0.1) is 24.3 Å². The van der Waals surface area contributed by atoms with Crippen molar-refractivity contribution >= 4 is 31.1 Å². The zero-order chi connectivity index (χ0) is 32.9. The van der Waals surface area contributed by atoms with Gasteiger partial charge in [-0.25, -0.2) is 4.98 Å². The molecule has 1 aliphatic rings. The lowest BCUT2D eigenvalue weighted by Crippen LogP contribution is -2.38. The van der Waals surface area contributed by atoms with Crippen molar-refractivity contribution in [3.63, 3.8) is 0 Å². The number of hydrogen-bond donors (Lipinski definition) is 2. The van der Waals surface area contributed by atoms with Crippen LogP contribution in [-0.2, 0) is 29.8 Å². The van der Waals surface area contributed by atoms with Gasteiger partial charge in [-0.2, -0.15) is 14.4 Å². The van der Waals surface area contributed by atoms with Gasteiger partial charge in [0.1, 0.15) is 12.8 Å². The number of benzene rings is 1. The van der Waals surface area contributed by atoms with E-state index in [2.05, 4.69) is 39.8 Å². The number of ether oxygens (including phenoxy) is 2. The number of anilines is 1. The number of rotatable bonds is 19. The summed E-state index contributed by atoms with van der Waals surface area (Å²) < 4.78 is 46.3. The first-order valence-corrected chi connectivity index (χ1v) is 17.3. The number of imidazole rings is 1. The first-order chi connectivity index (χ1) is 22.3. The van der Waals surface area contributed by atoms with Gasteiger partial charge in [0.05, 0.1) is 12.9 Å². The third-order valence-electron chi connectivity index (χ3n) is 8.29. The Morgan fingerprint density at radius 1 is 1.22 bits per heavy atom. The first kappa shape index (κ1) is 35.4. The van der Waals surface area contributed by atoms with Crippen LogP contribution in [0.3, 0.4) is 0 Å². The van der Waals surface area contributed by atoms with Crippen molar-refractivity contribution in [1.82, 2.24) is 24.6 Å². The SMILES string of the molecule is C#C[C@@]1(CO[P+](=O)N[C@@H](Cc2ccccc2)C(=O)OCC(CCCCC)CCCCC)CC[C@H](n2cnc3c(N)nc(F)nc32)O1. The lowest BCUT2D eigenvalue weighted by molar-refractivity contribution is -0.147. The molecule has 0 aliphatic carbocycles. The van der Waals surface area contributed by atoms with Crippen molar-refractivity contribution < 1.29 is 27.7 Å². The van der Waals surface area contributed by atoms with Gasteiger partial charge in [0.25, 0.3) is 0 Å². The van der Waals surface area contributed by atoms with E-state index in [1.54, 1.807) is 0 Å². The van der Waals surface area contributed by atoms with E-state index < -0.39 is 38.1 Å². The first-order valence-electron chi connectivity index (χ1n) is 16.2. The number of aromatic nitrogens is 4. The van der Waals surface area contributed by atoms with Crippen LogP contribution < -0.4 is 10.8 Å². The third-order valence-corrected chi connectivity index (χ3v) is 9.17. The topological polar surface area (TPSA) is 143 Å². The van der Waals surface area contributed by atoms with Crippen LogP contribution in [0.15, 0.2) is 36.7 Å². The van der Waals surface area contributed by atoms with E-state index in [1.165, 1.54) is 10.9 Å². The fourth-order valence-electron chi connectivity index (χ4n) is 5.64. The Kier molecular flexibility index (Phi) is 13.4. The highest BCUT2D eigenvalue weighted by atomic mass is 31.1. The molecule has 3 N–H and O–H groups in total. The van der Waals surface area contributed by atoms with Crippen LogP contribution in [0.5, 0.6) is 0 Å². The van der Waals surface area contributed by atoms with E-state index in [4.69, 9.17) is 26.2 Å². The number of hydrogen-bond acceptors (Lipinski definition) is 9. The van der Waals surface area contributed by atoms with Crippen LogP contribution in [0.25, 0.3) is 11.2 Å². The number of unbranched alkanes of at least 4 members (excludes halogenated alkanes) is 4. The molecule has 2 aromatic heterocycles. The van der Waals surface area contributed by atoms with Crippen molar-refractivity contribution in [3.8, 4) is 12.3 Å². The predicted octanol–water partition coefficient (Wildman–Crippen LogP) is 6.42. The molecule has 1 unspecified atom stereocenters. The highest BCUT2D eigenvalue weighted by molar-refractivity contribution is 7.36. The van der Waals surface area contributed by atoms with E-state index in [9.17, 15) is 13.8 Å². The molecule has 13 heteroatoms. The van der Waals surface area contributed by atoms with Gasteiger partial charge in [-0.3, -0.25) is 9.36 Å². The molecular weight excluding hydrogens is 610 g/mol. The second-order valence-corrected chi connectivity index (χ2v) is 12.9. The number of nitrogens with one attached hydrogen (secondary N) is 1. The summed E-state index contributed by atoms with van der Waals surface area (Å²) >= 11 is 0. The molecule has 1 fully saturated rings. The number of nitrogens with zero attached hydrogens (tertiary/aromatic N) is 4. The smallest absolute Gasteiger partial charge is 0.464 e. The number of esters is 1. The number of nitrogen functional groups attached to an aromatic ring is 1. The molecule has 1 aromatic carbocycles. The summed E-state index contributed by atoms with van der Waals surface area (Å²) in [4.78, 5) is 24.9. The maximum Gasteiger partial charge on any atom is 0.614 e. The van der Waals surface area contributed by atoms with Crippen LogP contribution in [0.2, 0.25) is 0 Å². The molecule has 3 aromatic rings. The Labute approximate surface area is 271 Å². The standard InChI is InChI=1S/C33H45FN6O5P/c1-4-7-10-16-25(17-11-8-5-2)21-43-31(41)26(20-24-14-12-9-13-15-24)39-46(42)44-22-33(6-3)19-18-27(45-33)40-23-36-28-29(35)37-32(34)38-30(28)40/h3,9,12-15,23,25-27H,4-5,7-8,10-11,16-22H2,1-2H3,(H,39,42)(H2,35,37,38)/q+1/t26-,27+,33-/m0/s1. The number of halogens is 1. The quantitative estimate of drug-likeness (QED) is 0.0488. The molecule has 0 radical (unpaired) electrons. The Morgan fingerprint density at radius 3 is 2.61 bits per heavy atom. The van der Waals surface area contributed by atoms with Gasteiger partial charge < -0.3 is 15.2 Å². The van der Waals surface area contributed by atoms with Crippen molar-refractivity contribution in [1.29, 1.82) is 0 Å². The predicted molar refractivity (Wildman–Crippen MR) is 174 cm³/mol. The van der Waals surface area contributed by atoms with Gasteiger partial charge in [0.15, 0.2) is 28.6 Å². The van der Waals surface area contributed by atoms with Crippen molar-refractivity contribution in [2.75, 3.05) is 18.9 Å². The minimum absolute atomic E-state index is 0.0824. The lowest BCUT2D eigenvalue weighted by atomic mass is 9.96. The van der Waals surface area contributed by atoms with Crippen LogP contribution in [-0.4, -0.2) is 50.3 Å². The Bertz CT molecular complexity index is 1470. The largest absolute Gasteiger partial charge is 0.614 e. The van der Waals surface area contributed by atoms with Gasteiger partial charge >= 0.3 is 20.2 Å². The summed E-state index contributed by atoms with van der Waals surface area (Å²) in [5.74, 6) is 2.36. The minimum Gasteiger partial charge on any atom is -0.464 e. The molecule has 248 valence electrons. The van der Waals surface area contributed by atoms with Crippen molar-refractivity contribution in [2.45, 2.75) is 102 Å². The average molecular weight is 656 g/mol. The average Bonchev–Trinajstić information content (AvgIpc) is 3.67. The number of terminal acetylenes is 1. The number of fused-ring (bicyclic) bond motifs is 1. The van der Waals surface area contributed by atoms with E-state index in [1.807, 2.05) is 30.3 Å². The molecule has 3 heterocycles. The molecule has 4 atom stereocenters. The number of nitrogens with two attached hydrogens (primary N) is 1. The van der Waals surface area contributed by atoms with Gasteiger partial charge in [-0.1, -0.05) is 93.7 Å². The van der Waals surface area contributed by atoms with E-state index in [0.717, 1.165) is 56.9 Å². The summed E-state index contributed by atoms with van der Waals surface area (Å²) in [6, 6.07) is 8.57. The van der Waals surface area contributed by atoms with E-state index in [-0.39, 0.29) is 30.0 Å². The highest BCUT2D eigenvalue weighted by Gasteiger charge is 2.44. The van der Waals surface area contributed by atoms with Crippen molar-refractivity contribution in [3.05, 3.63) is 48.3 Å². The summed E-state index contributed by atoms with van der Waals surface area (Å²) in [5, 5.41) is 2.83. The molecule has 4 rings (SSSR count). The zero-order valence-electron chi connectivity index (χ0n) is 26.7.